The van der Waals surface area contributed by atoms with E-state index in [1.54, 1.807) is 0 Å². The van der Waals surface area contributed by atoms with Crippen molar-refractivity contribution in [2.24, 2.45) is 0 Å². The fourth-order valence-corrected chi connectivity index (χ4v) is 7.74. The summed E-state index contributed by atoms with van der Waals surface area (Å²) in [6, 6.07) is 8.42. The van der Waals surface area contributed by atoms with Gasteiger partial charge in [-0.3, -0.25) is 4.79 Å². The Morgan fingerprint density at radius 1 is 1.00 bits per heavy atom. The first-order valence-corrected chi connectivity index (χ1v) is 13.9. The van der Waals surface area contributed by atoms with Crippen LogP contribution in [0.1, 0.15) is 28.4 Å². The van der Waals surface area contributed by atoms with Gasteiger partial charge >= 0.3 is 0 Å². The number of nitrogens with zero attached hydrogens (tertiary/aromatic N) is 2. The van der Waals surface area contributed by atoms with Crippen LogP contribution in [0.2, 0.25) is 13.1 Å². The summed E-state index contributed by atoms with van der Waals surface area (Å²) in [4.78, 5) is 13.8. The quantitative estimate of drug-likeness (QED) is 0.374. The number of Topliss-reactive ketones (excluding diaryl/α,β-unsaturated/α-hetero) is 1. The predicted octanol–water partition coefficient (Wildman–Crippen LogP) is 4.71. The molecule has 0 bridgehead atoms. The second kappa shape index (κ2) is 8.03. The summed E-state index contributed by atoms with van der Waals surface area (Å²) in [5.41, 5.74) is 4.31. The summed E-state index contributed by atoms with van der Waals surface area (Å²) in [5, 5.41) is 2.28. The van der Waals surface area contributed by atoms with Crippen molar-refractivity contribution in [2.75, 3.05) is 33.1 Å². The first-order chi connectivity index (χ1) is 15.4. The summed E-state index contributed by atoms with van der Waals surface area (Å²) in [6.45, 7) is 5.88. The first-order valence-electron chi connectivity index (χ1n) is 10.9. The molecule has 4 rings (SSSR count). The largest absolute Gasteiger partial charge is 0.378 e. The van der Waals surface area contributed by atoms with Gasteiger partial charge in [0.25, 0.3) is 0 Å². The van der Waals surface area contributed by atoms with E-state index in [0.29, 0.717) is 5.57 Å². The number of carbonyl (C=O) groups excluding carboxylic acids is 1. The van der Waals surface area contributed by atoms with Crippen LogP contribution in [0.3, 0.4) is 0 Å². The van der Waals surface area contributed by atoms with Crippen LogP contribution in [0.5, 0.6) is 0 Å². The van der Waals surface area contributed by atoms with E-state index in [1.165, 1.54) is 6.92 Å². The average molecular weight is 464 g/mol. The molecule has 2 aromatic carbocycles. The maximum atomic E-state index is 15.4. The highest BCUT2D eigenvalue weighted by molar-refractivity contribution is 6.98. The molecule has 170 valence electrons. The molecule has 1 aliphatic heterocycles. The molecule has 1 aliphatic carbocycles. The molecule has 0 amide bonds. The Hall–Kier alpha value is -3.12. The lowest BCUT2D eigenvalue weighted by molar-refractivity contribution is -0.462. The molecule has 0 aromatic heterocycles. The van der Waals surface area contributed by atoms with Gasteiger partial charge < -0.3 is 4.90 Å². The zero-order valence-corrected chi connectivity index (χ0v) is 21.2. The van der Waals surface area contributed by atoms with Gasteiger partial charge in [-0.15, -0.1) is 0 Å². The first kappa shape index (κ1) is 23.0. The third-order valence-electron chi connectivity index (χ3n) is 6.62. The standard InChI is InChI=1S/C27H29F2N2OSi/c1-16(32)17-12-22(28)27(23(29)13-17)26-20-10-8-18(30(2)3)14-24(20)33(6,7)25-15-19(31(4)5)9-11-21(25)26/h8-15H,1-7H3/q+1. The molecular formula is C27H29F2N2OSi+. The van der Waals surface area contributed by atoms with Gasteiger partial charge in [-0.05, 0) is 58.8 Å². The molecule has 1 heterocycles. The lowest BCUT2D eigenvalue weighted by atomic mass is 9.88. The number of carbonyl (C=O) groups is 1. The molecule has 33 heavy (non-hydrogen) atoms. The molecule has 2 aliphatic rings. The lowest BCUT2D eigenvalue weighted by Crippen LogP contribution is -2.49. The molecule has 0 saturated heterocycles. The summed E-state index contributed by atoms with van der Waals surface area (Å²) >= 11 is 0. The molecular weight excluding hydrogens is 434 g/mol. The van der Waals surface area contributed by atoms with Gasteiger partial charge in [-0.25, -0.2) is 13.4 Å². The van der Waals surface area contributed by atoms with Crippen LogP contribution in [0, 0.1) is 11.6 Å². The molecule has 0 N–H and O–H groups in total. The minimum Gasteiger partial charge on any atom is -0.378 e. The molecule has 2 aromatic rings. The molecule has 0 saturated carbocycles. The van der Waals surface area contributed by atoms with Crippen molar-refractivity contribution in [1.82, 2.24) is 0 Å². The van der Waals surface area contributed by atoms with Crippen LogP contribution in [-0.4, -0.2) is 52.3 Å². The molecule has 0 radical (unpaired) electrons. The van der Waals surface area contributed by atoms with Crippen molar-refractivity contribution < 1.29 is 18.2 Å². The fraction of sp³-hybridized carbons (Fsp3) is 0.259. The molecule has 0 unspecified atom stereocenters. The Bertz CT molecular complexity index is 1300. The Balaban J connectivity index is 2.13. The van der Waals surface area contributed by atoms with Gasteiger partial charge in [0.1, 0.15) is 33.8 Å². The summed E-state index contributed by atoms with van der Waals surface area (Å²) in [7, 11) is 5.75. The fourth-order valence-electron chi connectivity index (χ4n) is 4.67. The highest BCUT2D eigenvalue weighted by atomic mass is 28.3. The minimum atomic E-state index is -2.20. The average Bonchev–Trinajstić information content (AvgIpc) is 2.74. The topological polar surface area (TPSA) is 23.3 Å². The van der Waals surface area contributed by atoms with Crippen LogP contribution in [-0.2, 0) is 0 Å². The zero-order valence-electron chi connectivity index (χ0n) is 20.2. The molecule has 3 nitrogen and oxygen atoms in total. The van der Waals surface area contributed by atoms with Crippen molar-refractivity contribution in [3.05, 3.63) is 87.7 Å². The van der Waals surface area contributed by atoms with Crippen LogP contribution in [0.15, 0.2) is 59.3 Å². The highest BCUT2D eigenvalue weighted by Crippen LogP contribution is 2.43. The maximum Gasteiger partial charge on any atom is 0.199 e. The number of fused-ring (bicyclic) bond motifs is 2. The molecule has 0 atom stereocenters. The number of hydrogen-bond acceptors (Lipinski definition) is 2. The number of hydrogen-bond donors (Lipinski definition) is 0. The van der Waals surface area contributed by atoms with Gasteiger partial charge in [0.15, 0.2) is 11.5 Å². The third kappa shape index (κ3) is 3.72. The smallest absolute Gasteiger partial charge is 0.199 e. The SMILES string of the molecule is CC(=O)c1cc(F)c(C2=C3C=CC(=[N+](C)C)C=C3[Si](C)(C)c3cc(N(C)C)ccc32)c(F)c1. The minimum absolute atomic E-state index is 0.0335. The van der Waals surface area contributed by atoms with E-state index in [4.69, 9.17) is 0 Å². The predicted molar refractivity (Wildman–Crippen MR) is 135 cm³/mol. The molecule has 0 fully saturated rings. The normalized spacial score (nSPS) is 16.3. The van der Waals surface area contributed by atoms with Gasteiger partial charge in [0, 0.05) is 43.1 Å². The summed E-state index contributed by atoms with van der Waals surface area (Å²) < 4.78 is 32.9. The second-order valence-electron chi connectivity index (χ2n) is 9.62. The van der Waals surface area contributed by atoms with Crippen LogP contribution >= 0.6 is 0 Å². The Labute approximate surface area is 195 Å². The van der Waals surface area contributed by atoms with E-state index >= 15 is 8.78 Å². The molecule has 6 heteroatoms. The van der Waals surface area contributed by atoms with Crippen molar-refractivity contribution in [1.29, 1.82) is 0 Å². The summed E-state index contributed by atoms with van der Waals surface area (Å²) in [6.07, 6.45) is 6.13. The van der Waals surface area contributed by atoms with E-state index in [2.05, 4.69) is 25.2 Å². The van der Waals surface area contributed by atoms with Gasteiger partial charge in [-0.2, -0.15) is 0 Å². The highest BCUT2D eigenvalue weighted by Gasteiger charge is 2.41. The monoisotopic (exact) mass is 463 g/mol. The number of rotatable bonds is 3. The van der Waals surface area contributed by atoms with Crippen molar-refractivity contribution in [3.63, 3.8) is 0 Å². The van der Waals surface area contributed by atoms with E-state index in [1.807, 2.05) is 62.0 Å². The lowest BCUT2D eigenvalue weighted by Gasteiger charge is -2.38. The third-order valence-corrected chi connectivity index (χ3v) is 10.1. The van der Waals surface area contributed by atoms with Crippen LogP contribution in [0.4, 0.5) is 14.5 Å². The van der Waals surface area contributed by atoms with Crippen molar-refractivity contribution in [3.8, 4) is 0 Å². The number of halogens is 2. The van der Waals surface area contributed by atoms with Gasteiger partial charge in [-0.1, -0.05) is 19.2 Å². The van der Waals surface area contributed by atoms with Crippen molar-refractivity contribution >= 4 is 36.0 Å². The van der Waals surface area contributed by atoms with E-state index in [0.717, 1.165) is 45.1 Å². The van der Waals surface area contributed by atoms with Gasteiger partial charge in [0.05, 0.1) is 5.56 Å². The zero-order chi connectivity index (χ0) is 24.2. The number of allylic oxidation sites excluding steroid dienone is 5. The second-order valence-corrected chi connectivity index (χ2v) is 13.9. The van der Waals surface area contributed by atoms with Crippen LogP contribution < -0.4 is 10.1 Å². The number of anilines is 1. The maximum absolute atomic E-state index is 15.4. The molecule has 0 spiro atoms. The summed E-state index contributed by atoms with van der Waals surface area (Å²) in [5.74, 6) is -1.81. The van der Waals surface area contributed by atoms with E-state index < -0.39 is 19.7 Å². The van der Waals surface area contributed by atoms with Crippen molar-refractivity contribution in [2.45, 2.75) is 20.0 Å². The van der Waals surface area contributed by atoms with Crippen LogP contribution in [0.25, 0.3) is 5.57 Å². The number of benzene rings is 2. The Morgan fingerprint density at radius 3 is 2.18 bits per heavy atom. The number of ketones is 1. The Morgan fingerprint density at radius 2 is 1.64 bits per heavy atom. The van der Waals surface area contributed by atoms with E-state index in [-0.39, 0.29) is 16.9 Å². The Kier molecular flexibility index (Phi) is 5.61. The van der Waals surface area contributed by atoms with Gasteiger partial charge in [0.2, 0.25) is 0 Å². The van der Waals surface area contributed by atoms with E-state index in [9.17, 15) is 4.79 Å².